The van der Waals surface area contributed by atoms with Gasteiger partial charge in [-0.3, -0.25) is 0 Å². The van der Waals surface area contributed by atoms with Crippen molar-refractivity contribution in [3.8, 4) is 0 Å². The van der Waals surface area contributed by atoms with Crippen LogP contribution in [0.5, 0.6) is 0 Å². The summed E-state index contributed by atoms with van der Waals surface area (Å²) in [6, 6.07) is 16.8. The molecule has 3 heteroatoms. The van der Waals surface area contributed by atoms with E-state index >= 15 is 0 Å². The van der Waals surface area contributed by atoms with Crippen LogP contribution in [0.25, 0.3) is 0 Å². The largest absolute Gasteiger partial charge is 0.380 e. The maximum atomic E-state index is 6.02. The van der Waals surface area contributed by atoms with Gasteiger partial charge in [-0.25, -0.2) is 0 Å². The lowest BCUT2D eigenvalue weighted by Crippen LogP contribution is -2.28. The lowest BCUT2D eigenvalue weighted by molar-refractivity contribution is 0.184. The Kier molecular flexibility index (Phi) is 6.24. The number of ether oxygens (including phenoxy) is 1. The molecule has 0 aliphatic heterocycles. The Hall–Kier alpha value is -1.35. The Morgan fingerprint density at radius 3 is 2.57 bits per heavy atom. The zero-order chi connectivity index (χ0) is 15.1. The summed E-state index contributed by atoms with van der Waals surface area (Å²) in [6.45, 7) is 3.70. The van der Waals surface area contributed by atoms with Gasteiger partial charge < -0.3 is 10.1 Å². The predicted octanol–water partition coefficient (Wildman–Crippen LogP) is 4.21. The van der Waals surface area contributed by atoms with Crippen LogP contribution >= 0.6 is 11.6 Å². The first-order chi connectivity index (χ1) is 10.2. The van der Waals surface area contributed by atoms with E-state index in [1.807, 2.05) is 24.3 Å². The normalized spacial score (nSPS) is 12.3. The summed E-state index contributed by atoms with van der Waals surface area (Å²) in [4.78, 5) is 0. The highest BCUT2D eigenvalue weighted by Gasteiger charge is 2.06. The molecule has 0 aliphatic rings. The highest BCUT2D eigenvalue weighted by molar-refractivity contribution is 6.30. The molecule has 1 atom stereocenters. The Bertz CT molecular complexity index is 571. The molecule has 0 saturated carbocycles. The van der Waals surface area contributed by atoms with Crippen molar-refractivity contribution in [3.05, 3.63) is 70.2 Å². The number of hydrogen-bond acceptors (Lipinski definition) is 2. The van der Waals surface area contributed by atoms with Crippen LogP contribution in [0.3, 0.4) is 0 Å². The molecule has 0 spiro atoms. The SMILES string of the molecule is COCc1ccccc1CNC(C)Cc1cccc(Cl)c1. The molecule has 2 aromatic carbocycles. The maximum absolute atomic E-state index is 6.02. The number of methoxy groups -OCH3 is 1. The Labute approximate surface area is 132 Å². The molecular formula is C18H22ClNO. The van der Waals surface area contributed by atoms with Gasteiger partial charge in [0, 0.05) is 24.7 Å². The van der Waals surface area contributed by atoms with Gasteiger partial charge in [0.2, 0.25) is 0 Å². The van der Waals surface area contributed by atoms with Crippen molar-refractivity contribution in [2.45, 2.75) is 32.5 Å². The van der Waals surface area contributed by atoms with Gasteiger partial charge in [0.05, 0.1) is 6.61 Å². The third kappa shape index (κ3) is 5.16. The van der Waals surface area contributed by atoms with Crippen LogP contribution in [0, 0.1) is 0 Å². The molecule has 0 bridgehead atoms. The fraction of sp³-hybridized carbons (Fsp3) is 0.333. The molecule has 0 aromatic heterocycles. The smallest absolute Gasteiger partial charge is 0.0716 e. The van der Waals surface area contributed by atoms with Gasteiger partial charge in [0.25, 0.3) is 0 Å². The molecule has 112 valence electrons. The van der Waals surface area contributed by atoms with Crippen molar-refractivity contribution in [2.75, 3.05) is 7.11 Å². The first kappa shape index (κ1) is 16.0. The average molecular weight is 304 g/mol. The second-order valence-electron chi connectivity index (χ2n) is 5.32. The lowest BCUT2D eigenvalue weighted by Gasteiger charge is -2.16. The molecule has 2 nitrogen and oxygen atoms in total. The van der Waals surface area contributed by atoms with Crippen molar-refractivity contribution >= 4 is 11.6 Å². The van der Waals surface area contributed by atoms with E-state index < -0.39 is 0 Å². The Morgan fingerprint density at radius 2 is 1.86 bits per heavy atom. The standard InChI is InChI=1S/C18H22ClNO/c1-14(10-15-6-5-9-18(19)11-15)20-12-16-7-3-4-8-17(16)13-21-2/h3-9,11,14,20H,10,12-13H2,1-2H3. The summed E-state index contributed by atoms with van der Waals surface area (Å²) in [5.74, 6) is 0. The monoisotopic (exact) mass is 303 g/mol. The minimum Gasteiger partial charge on any atom is -0.380 e. The molecule has 0 radical (unpaired) electrons. The van der Waals surface area contributed by atoms with E-state index in [2.05, 4.69) is 36.5 Å². The van der Waals surface area contributed by atoms with E-state index in [-0.39, 0.29) is 0 Å². The minimum absolute atomic E-state index is 0.388. The van der Waals surface area contributed by atoms with E-state index in [0.717, 1.165) is 18.0 Å². The van der Waals surface area contributed by atoms with E-state index in [1.54, 1.807) is 7.11 Å². The highest BCUT2D eigenvalue weighted by atomic mass is 35.5. The first-order valence-corrected chi connectivity index (χ1v) is 7.60. The molecule has 0 heterocycles. The van der Waals surface area contributed by atoms with Gasteiger partial charge in [-0.15, -0.1) is 0 Å². The third-order valence-electron chi connectivity index (χ3n) is 3.49. The van der Waals surface area contributed by atoms with E-state index in [9.17, 15) is 0 Å². The van der Waals surface area contributed by atoms with E-state index in [4.69, 9.17) is 16.3 Å². The highest BCUT2D eigenvalue weighted by Crippen LogP contribution is 2.13. The quantitative estimate of drug-likeness (QED) is 0.827. The van der Waals surface area contributed by atoms with Crippen LogP contribution in [0.4, 0.5) is 0 Å². The van der Waals surface area contributed by atoms with E-state index in [1.165, 1.54) is 16.7 Å². The topological polar surface area (TPSA) is 21.3 Å². The number of halogens is 1. The van der Waals surface area contributed by atoms with Crippen LogP contribution in [0.2, 0.25) is 5.02 Å². The molecule has 2 aromatic rings. The van der Waals surface area contributed by atoms with Crippen molar-refractivity contribution in [3.63, 3.8) is 0 Å². The summed E-state index contributed by atoms with van der Waals surface area (Å²) in [5.41, 5.74) is 3.78. The first-order valence-electron chi connectivity index (χ1n) is 7.22. The van der Waals surface area contributed by atoms with Gasteiger partial charge in [-0.05, 0) is 42.2 Å². The summed E-state index contributed by atoms with van der Waals surface area (Å²) >= 11 is 6.02. The molecule has 0 fully saturated rings. The zero-order valence-electron chi connectivity index (χ0n) is 12.6. The van der Waals surface area contributed by atoms with Crippen molar-refractivity contribution in [1.29, 1.82) is 0 Å². The molecule has 0 aliphatic carbocycles. The molecule has 0 saturated heterocycles. The molecule has 0 amide bonds. The summed E-state index contributed by atoms with van der Waals surface area (Å²) in [7, 11) is 1.73. The minimum atomic E-state index is 0.388. The fourth-order valence-corrected chi connectivity index (χ4v) is 2.61. The number of rotatable bonds is 7. The second-order valence-corrected chi connectivity index (χ2v) is 5.75. The van der Waals surface area contributed by atoms with Crippen LogP contribution in [-0.2, 0) is 24.3 Å². The van der Waals surface area contributed by atoms with Gasteiger partial charge >= 0.3 is 0 Å². The molecule has 21 heavy (non-hydrogen) atoms. The van der Waals surface area contributed by atoms with Crippen molar-refractivity contribution < 1.29 is 4.74 Å². The molecule has 1 N–H and O–H groups in total. The van der Waals surface area contributed by atoms with Crippen LogP contribution in [0.15, 0.2) is 48.5 Å². The summed E-state index contributed by atoms with van der Waals surface area (Å²) in [5, 5.41) is 4.36. The fourth-order valence-electron chi connectivity index (χ4n) is 2.40. The van der Waals surface area contributed by atoms with Crippen LogP contribution in [-0.4, -0.2) is 13.2 Å². The average Bonchev–Trinajstić information content (AvgIpc) is 2.47. The molecule has 1 unspecified atom stereocenters. The third-order valence-corrected chi connectivity index (χ3v) is 3.73. The van der Waals surface area contributed by atoms with Gasteiger partial charge in [-0.1, -0.05) is 48.0 Å². The van der Waals surface area contributed by atoms with Crippen molar-refractivity contribution in [2.24, 2.45) is 0 Å². The number of nitrogens with one attached hydrogen (secondary N) is 1. The lowest BCUT2D eigenvalue weighted by atomic mass is 10.1. The second kappa shape index (κ2) is 8.18. The molecular weight excluding hydrogens is 282 g/mol. The Morgan fingerprint density at radius 1 is 1.10 bits per heavy atom. The van der Waals surface area contributed by atoms with Gasteiger partial charge in [0.1, 0.15) is 0 Å². The van der Waals surface area contributed by atoms with Crippen LogP contribution < -0.4 is 5.32 Å². The van der Waals surface area contributed by atoms with Gasteiger partial charge in [-0.2, -0.15) is 0 Å². The van der Waals surface area contributed by atoms with Gasteiger partial charge in [0.15, 0.2) is 0 Å². The Balaban J connectivity index is 1.90. The van der Waals surface area contributed by atoms with E-state index in [0.29, 0.717) is 12.6 Å². The number of benzene rings is 2. The zero-order valence-corrected chi connectivity index (χ0v) is 13.4. The number of hydrogen-bond donors (Lipinski definition) is 1. The van der Waals surface area contributed by atoms with Crippen LogP contribution in [0.1, 0.15) is 23.6 Å². The predicted molar refractivity (Wildman–Crippen MR) is 88.6 cm³/mol. The molecule has 2 rings (SSSR count). The summed E-state index contributed by atoms with van der Waals surface area (Å²) in [6.07, 6.45) is 0.965. The van der Waals surface area contributed by atoms with Crippen molar-refractivity contribution in [1.82, 2.24) is 5.32 Å². The summed E-state index contributed by atoms with van der Waals surface area (Å²) < 4.78 is 5.24. The maximum Gasteiger partial charge on any atom is 0.0716 e.